The van der Waals surface area contributed by atoms with Crippen molar-refractivity contribution in [3.05, 3.63) is 57.2 Å². The van der Waals surface area contributed by atoms with Gasteiger partial charge in [0.05, 0.1) is 5.38 Å². The van der Waals surface area contributed by atoms with Gasteiger partial charge in [-0.25, -0.2) is 0 Å². The van der Waals surface area contributed by atoms with E-state index in [1.54, 1.807) is 22.7 Å². The van der Waals surface area contributed by atoms with Crippen LogP contribution in [0.1, 0.15) is 15.8 Å². The maximum absolute atomic E-state index is 6.48. The molecule has 2 heterocycles. The molecule has 0 aliphatic heterocycles. The zero-order valence-electron chi connectivity index (χ0n) is 8.69. The second-order valence-corrected chi connectivity index (χ2v) is 6.65. The van der Waals surface area contributed by atoms with Crippen molar-refractivity contribution in [2.45, 2.75) is 5.38 Å². The molecule has 3 rings (SSSR count). The van der Waals surface area contributed by atoms with E-state index in [4.69, 9.17) is 23.2 Å². The number of thiophene rings is 2. The Morgan fingerprint density at radius 2 is 1.76 bits per heavy atom. The highest BCUT2D eigenvalue weighted by Crippen LogP contribution is 2.39. The molecular formula is C13H8Cl2S2. The van der Waals surface area contributed by atoms with Crippen molar-refractivity contribution in [3.8, 4) is 0 Å². The fraction of sp³-hybridized carbons (Fsp3) is 0.0769. The first-order chi connectivity index (χ1) is 8.24. The van der Waals surface area contributed by atoms with Crippen LogP contribution in [-0.2, 0) is 0 Å². The van der Waals surface area contributed by atoms with Gasteiger partial charge in [-0.2, -0.15) is 0 Å². The van der Waals surface area contributed by atoms with Gasteiger partial charge in [-0.05, 0) is 35.2 Å². The van der Waals surface area contributed by atoms with Crippen LogP contribution in [0.4, 0.5) is 0 Å². The minimum Gasteiger partial charge on any atom is -0.143 e. The number of benzene rings is 1. The molecule has 0 fully saturated rings. The third kappa shape index (κ3) is 2.23. The van der Waals surface area contributed by atoms with Crippen LogP contribution in [0.2, 0.25) is 5.02 Å². The Morgan fingerprint density at radius 1 is 1.00 bits per heavy atom. The van der Waals surface area contributed by atoms with Crippen LogP contribution < -0.4 is 0 Å². The lowest BCUT2D eigenvalue weighted by Crippen LogP contribution is -1.88. The average Bonchev–Trinajstić information content (AvgIpc) is 2.89. The standard InChI is InChI=1S/C13H8Cl2S2/c14-9-3-1-8(2-4-9)13(15)12-7-11-10(17-12)5-6-16-11/h1-7,13H. The summed E-state index contributed by atoms with van der Waals surface area (Å²) in [6, 6.07) is 12.0. The van der Waals surface area contributed by atoms with Crippen LogP contribution in [0.15, 0.2) is 41.8 Å². The van der Waals surface area contributed by atoms with Gasteiger partial charge >= 0.3 is 0 Å². The molecule has 17 heavy (non-hydrogen) atoms. The van der Waals surface area contributed by atoms with Gasteiger partial charge in [-0.3, -0.25) is 0 Å². The van der Waals surface area contributed by atoms with E-state index in [2.05, 4.69) is 17.5 Å². The molecule has 0 radical (unpaired) electrons. The van der Waals surface area contributed by atoms with Crippen molar-refractivity contribution in [1.29, 1.82) is 0 Å². The van der Waals surface area contributed by atoms with Crippen LogP contribution in [0.3, 0.4) is 0 Å². The second-order valence-electron chi connectivity index (χ2n) is 3.71. The van der Waals surface area contributed by atoms with Gasteiger partial charge in [0.15, 0.2) is 0 Å². The zero-order chi connectivity index (χ0) is 11.8. The van der Waals surface area contributed by atoms with Gasteiger partial charge in [-0.1, -0.05) is 23.7 Å². The smallest absolute Gasteiger partial charge is 0.0928 e. The molecule has 1 aromatic carbocycles. The Kier molecular flexibility index (Phi) is 3.14. The Hall–Kier alpha value is -0.540. The monoisotopic (exact) mass is 298 g/mol. The highest BCUT2D eigenvalue weighted by atomic mass is 35.5. The largest absolute Gasteiger partial charge is 0.143 e. The first kappa shape index (κ1) is 11.5. The van der Waals surface area contributed by atoms with E-state index in [9.17, 15) is 0 Å². The van der Waals surface area contributed by atoms with Crippen LogP contribution in [0.25, 0.3) is 9.40 Å². The molecule has 0 aliphatic carbocycles. The summed E-state index contributed by atoms with van der Waals surface area (Å²) in [6.45, 7) is 0. The summed E-state index contributed by atoms with van der Waals surface area (Å²) < 4.78 is 2.62. The van der Waals surface area contributed by atoms with Gasteiger partial charge in [0.25, 0.3) is 0 Å². The van der Waals surface area contributed by atoms with E-state index >= 15 is 0 Å². The van der Waals surface area contributed by atoms with Gasteiger partial charge in [-0.15, -0.1) is 34.3 Å². The molecule has 86 valence electrons. The van der Waals surface area contributed by atoms with Crippen molar-refractivity contribution in [1.82, 2.24) is 0 Å². The molecule has 2 aromatic heterocycles. The van der Waals surface area contributed by atoms with Gasteiger partial charge in [0.1, 0.15) is 0 Å². The normalized spacial score (nSPS) is 13.1. The summed E-state index contributed by atoms with van der Waals surface area (Å²) in [7, 11) is 0. The highest BCUT2D eigenvalue weighted by Gasteiger charge is 2.14. The van der Waals surface area contributed by atoms with Crippen molar-refractivity contribution in [2.24, 2.45) is 0 Å². The number of fused-ring (bicyclic) bond motifs is 1. The van der Waals surface area contributed by atoms with Gasteiger partial charge < -0.3 is 0 Å². The van der Waals surface area contributed by atoms with E-state index in [1.807, 2.05) is 24.3 Å². The van der Waals surface area contributed by atoms with E-state index in [0.29, 0.717) is 0 Å². The number of halogens is 2. The van der Waals surface area contributed by atoms with Crippen molar-refractivity contribution in [3.63, 3.8) is 0 Å². The molecule has 0 bridgehead atoms. The predicted octanol–water partition coefficient (Wildman–Crippen LogP) is 5.94. The van der Waals surface area contributed by atoms with E-state index in [-0.39, 0.29) is 5.38 Å². The molecule has 0 aliphatic rings. The third-order valence-electron chi connectivity index (χ3n) is 2.57. The minimum atomic E-state index is -0.0862. The molecule has 1 unspecified atom stereocenters. The maximum atomic E-state index is 6.48. The molecule has 0 saturated carbocycles. The van der Waals surface area contributed by atoms with Gasteiger partial charge in [0, 0.05) is 19.3 Å². The Balaban J connectivity index is 1.98. The summed E-state index contributed by atoms with van der Waals surface area (Å²) >= 11 is 15.9. The van der Waals surface area contributed by atoms with E-state index < -0.39 is 0 Å². The fourth-order valence-corrected chi connectivity index (χ4v) is 4.30. The summed E-state index contributed by atoms with van der Waals surface area (Å²) in [5.74, 6) is 0. The molecule has 0 N–H and O–H groups in total. The summed E-state index contributed by atoms with van der Waals surface area (Å²) in [4.78, 5) is 1.19. The Morgan fingerprint density at radius 3 is 2.47 bits per heavy atom. The fourth-order valence-electron chi connectivity index (χ4n) is 1.71. The van der Waals surface area contributed by atoms with E-state index in [1.165, 1.54) is 14.3 Å². The lowest BCUT2D eigenvalue weighted by atomic mass is 10.1. The van der Waals surface area contributed by atoms with E-state index in [0.717, 1.165) is 10.6 Å². The third-order valence-corrected chi connectivity index (χ3v) is 5.60. The lowest BCUT2D eigenvalue weighted by Gasteiger charge is -2.07. The van der Waals surface area contributed by atoms with Crippen LogP contribution in [-0.4, -0.2) is 0 Å². The first-order valence-electron chi connectivity index (χ1n) is 5.10. The summed E-state index contributed by atoms with van der Waals surface area (Å²) in [5, 5.41) is 2.76. The Labute approximate surface area is 117 Å². The summed E-state index contributed by atoms with van der Waals surface area (Å²) in [5.41, 5.74) is 1.09. The van der Waals surface area contributed by atoms with Crippen LogP contribution in [0, 0.1) is 0 Å². The highest BCUT2D eigenvalue weighted by molar-refractivity contribution is 7.27. The van der Waals surface area contributed by atoms with Crippen molar-refractivity contribution >= 4 is 55.3 Å². The molecule has 0 amide bonds. The molecule has 0 saturated heterocycles. The SMILES string of the molecule is Clc1ccc(C(Cl)c2cc3sccc3s2)cc1. The molecular weight excluding hydrogens is 291 g/mol. The second kappa shape index (κ2) is 4.62. The molecule has 3 aromatic rings. The molecule has 0 nitrogen and oxygen atoms in total. The quantitative estimate of drug-likeness (QED) is 0.513. The number of rotatable bonds is 2. The zero-order valence-corrected chi connectivity index (χ0v) is 11.8. The molecule has 0 spiro atoms. The first-order valence-corrected chi connectivity index (χ1v) is 7.61. The number of alkyl halides is 1. The minimum absolute atomic E-state index is 0.0862. The number of hydrogen-bond acceptors (Lipinski definition) is 2. The van der Waals surface area contributed by atoms with Crippen LogP contribution in [0.5, 0.6) is 0 Å². The topological polar surface area (TPSA) is 0 Å². The molecule has 4 heteroatoms. The Bertz CT molecular complexity index is 608. The summed E-state index contributed by atoms with van der Waals surface area (Å²) in [6.07, 6.45) is 0. The molecule has 1 atom stereocenters. The van der Waals surface area contributed by atoms with Crippen molar-refractivity contribution in [2.75, 3.05) is 0 Å². The predicted molar refractivity (Wildman–Crippen MR) is 78.9 cm³/mol. The number of hydrogen-bond donors (Lipinski definition) is 0. The maximum Gasteiger partial charge on any atom is 0.0928 e. The average molecular weight is 299 g/mol. The lowest BCUT2D eigenvalue weighted by molar-refractivity contribution is 1.19. The van der Waals surface area contributed by atoms with Crippen LogP contribution >= 0.6 is 45.9 Å². The van der Waals surface area contributed by atoms with Gasteiger partial charge in [0.2, 0.25) is 0 Å². The van der Waals surface area contributed by atoms with Crippen molar-refractivity contribution < 1.29 is 0 Å².